The van der Waals surface area contributed by atoms with Gasteiger partial charge < -0.3 is 17.0 Å². The lowest BCUT2D eigenvalue weighted by Crippen LogP contribution is -3.00. The average Bonchev–Trinajstić information content (AvgIpc) is 2.84. The van der Waals surface area contributed by atoms with Crippen LogP contribution in [-0.2, 0) is 6.16 Å². The van der Waals surface area contributed by atoms with Gasteiger partial charge in [0.2, 0.25) is 0 Å². The Kier molecular flexibility index (Phi) is 6.66. The molecule has 0 atom stereocenters. The SMILES string of the molecule is [Br-].c1ccc([P+](Cc2cccc3ccccc23)(c2ccccc2)c2ccccc2)cc1. The van der Waals surface area contributed by atoms with Crippen molar-refractivity contribution in [1.29, 1.82) is 0 Å². The first kappa shape index (κ1) is 21.5. The second-order valence-electron chi connectivity index (χ2n) is 7.61. The quantitative estimate of drug-likeness (QED) is 0.337. The predicted molar refractivity (Wildman–Crippen MR) is 133 cm³/mol. The fraction of sp³-hybridized carbons (Fsp3) is 0.0345. The summed E-state index contributed by atoms with van der Waals surface area (Å²) in [5, 5.41) is 6.94. The topological polar surface area (TPSA) is 0 Å². The molecule has 0 saturated heterocycles. The van der Waals surface area contributed by atoms with E-state index in [1.807, 2.05) is 0 Å². The molecule has 0 aliphatic carbocycles. The van der Waals surface area contributed by atoms with E-state index in [1.165, 1.54) is 32.2 Å². The molecular formula is C29H24BrP. The van der Waals surface area contributed by atoms with E-state index in [9.17, 15) is 0 Å². The predicted octanol–water partition coefficient (Wildman–Crippen LogP) is 3.34. The number of rotatable bonds is 5. The highest BCUT2D eigenvalue weighted by Gasteiger charge is 2.45. The summed E-state index contributed by atoms with van der Waals surface area (Å²) >= 11 is 0. The Morgan fingerprint density at radius 3 is 1.35 bits per heavy atom. The summed E-state index contributed by atoms with van der Waals surface area (Å²) in [6.45, 7) is 0. The Labute approximate surface area is 195 Å². The van der Waals surface area contributed by atoms with Crippen molar-refractivity contribution in [2.45, 2.75) is 6.16 Å². The van der Waals surface area contributed by atoms with E-state index in [0.29, 0.717) is 0 Å². The van der Waals surface area contributed by atoms with Crippen LogP contribution in [0.2, 0.25) is 0 Å². The van der Waals surface area contributed by atoms with Gasteiger partial charge in [0.25, 0.3) is 0 Å². The molecule has 0 bridgehead atoms. The van der Waals surface area contributed by atoms with Crippen LogP contribution in [0.4, 0.5) is 0 Å². The summed E-state index contributed by atoms with van der Waals surface area (Å²) in [5.74, 6) is 0. The van der Waals surface area contributed by atoms with Crippen molar-refractivity contribution in [2.24, 2.45) is 0 Å². The van der Waals surface area contributed by atoms with Crippen LogP contribution in [0.5, 0.6) is 0 Å². The summed E-state index contributed by atoms with van der Waals surface area (Å²) in [5.41, 5.74) is 1.41. The van der Waals surface area contributed by atoms with Gasteiger partial charge in [-0.05, 0) is 52.7 Å². The number of fused-ring (bicyclic) bond motifs is 1. The second kappa shape index (κ2) is 9.60. The Morgan fingerprint density at radius 2 is 0.839 bits per heavy atom. The summed E-state index contributed by atoms with van der Waals surface area (Å²) in [6.07, 6.45) is 1.01. The third-order valence-corrected chi connectivity index (χ3v) is 10.2. The summed E-state index contributed by atoms with van der Waals surface area (Å²) in [4.78, 5) is 0. The molecule has 31 heavy (non-hydrogen) atoms. The van der Waals surface area contributed by atoms with Crippen LogP contribution in [0.3, 0.4) is 0 Å². The van der Waals surface area contributed by atoms with Crippen molar-refractivity contribution in [1.82, 2.24) is 0 Å². The molecule has 0 N–H and O–H groups in total. The van der Waals surface area contributed by atoms with Crippen molar-refractivity contribution in [3.05, 3.63) is 139 Å². The molecule has 0 saturated carbocycles. The van der Waals surface area contributed by atoms with Gasteiger partial charge in [-0.25, -0.2) is 0 Å². The monoisotopic (exact) mass is 482 g/mol. The van der Waals surface area contributed by atoms with E-state index in [0.717, 1.165) is 6.16 Å². The van der Waals surface area contributed by atoms with Crippen molar-refractivity contribution in [2.75, 3.05) is 0 Å². The molecule has 0 radical (unpaired) electrons. The number of benzene rings is 5. The molecule has 0 fully saturated rings. The first-order chi connectivity index (χ1) is 14.9. The highest BCUT2D eigenvalue weighted by molar-refractivity contribution is 7.95. The molecule has 0 unspecified atom stereocenters. The van der Waals surface area contributed by atoms with E-state index in [4.69, 9.17) is 0 Å². The highest BCUT2D eigenvalue weighted by atomic mass is 79.9. The van der Waals surface area contributed by atoms with Gasteiger partial charge in [0.1, 0.15) is 23.2 Å². The van der Waals surface area contributed by atoms with Gasteiger partial charge in [0.15, 0.2) is 0 Å². The smallest absolute Gasteiger partial charge is 0.116 e. The molecule has 2 heteroatoms. The first-order valence-electron chi connectivity index (χ1n) is 10.4. The molecule has 0 aromatic heterocycles. The summed E-state index contributed by atoms with van der Waals surface area (Å²) in [6, 6.07) is 48.8. The Bertz CT molecular complexity index is 1150. The molecule has 5 aromatic rings. The minimum absolute atomic E-state index is 0. The second-order valence-corrected chi connectivity index (χ2v) is 11.1. The Hall–Kier alpha value is -2.73. The fourth-order valence-corrected chi connectivity index (χ4v) is 8.73. The van der Waals surface area contributed by atoms with Crippen LogP contribution in [0.15, 0.2) is 133 Å². The van der Waals surface area contributed by atoms with Crippen LogP contribution in [0.1, 0.15) is 5.56 Å². The molecule has 5 rings (SSSR count). The minimum atomic E-state index is -1.88. The van der Waals surface area contributed by atoms with Crippen LogP contribution in [0, 0.1) is 0 Å². The maximum Gasteiger partial charge on any atom is 0.116 e. The molecule has 0 nitrogen and oxygen atoms in total. The van der Waals surface area contributed by atoms with Gasteiger partial charge in [-0.1, -0.05) is 97.1 Å². The fourth-order valence-electron chi connectivity index (χ4n) is 4.45. The molecular weight excluding hydrogens is 459 g/mol. The van der Waals surface area contributed by atoms with Crippen LogP contribution >= 0.6 is 7.26 Å². The number of hydrogen-bond donors (Lipinski definition) is 0. The van der Waals surface area contributed by atoms with E-state index < -0.39 is 7.26 Å². The molecule has 0 spiro atoms. The van der Waals surface area contributed by atoms with Gasteiger partial charge in [0, 0.05) is 0 Å². The molecule has 0 amide bonds. The largest absolute Gasteiger partial charge is 1.00 e. The van der Waals surface area contributed by atoms with E-state index in [1.54, 1.807) is 0 Å². The molecule has 0 heterocycles. The summed E-state index contributed by atoms with van der Waals surface area (Å²) in [7, 11) is -1.88. The Balaban J connectivity index is 0.00000231. The normalized spacial score (nSPS) is 11.1. The van der Waals surface area contributed by atoms with Crippen molar-refractivity contribution in [3.8, 4) is 0 Å². The van der Waals surface area contributed by atoms with E-state index in [2.05, 4.69) is 133 Å². The molecule has 5 aromatic carbocycles. The van der Waals surface area contributed by atoms with Crippen LogP contribution in [-0.4, -0.2) is 0 Å². The minimum Gasteiger partial charge on any atom is -1.00 e. The van der Waals surface area contributed by atoms with Crippen molar-refractivity contribution < 1.29 is 17.0 Å². The van der Waals surface area contributed by atoms with Crippen LogP contribution < -0.4 is 32.9 Å². The zero-order valence-electron chi connectivity index (χ0n) is 17.2. The maximum atomic E-state index is 2.32. The highest BCUT2D eigenvalue weighted by Crippen LogP contribution is 2.58. The lowest BCUT2D eigenvalue weighted by Gasteiger charge is -2.28. The van der Waals surface area contributed by atoms with Gasteiger partial charge >= 0.3 is 0 Å². The van der Waals surface area contributed by atoms with Gasteiger partial charge in [-0.3, -0.25) is 0 Å². The zero-order chi connectivity index (χ0) is 20.2. The lowest BCUT2D eigenvalue weighted by molar-refractivity contribution is -0.00000572. The van der Waals surface area contributed by atoms with E-state index >= 15 is 0 Å². The molecule has 0 aliphatic heterocycles. The Morgan fingerprint density at radius 1 is 0.419 bits per heavy atom. The number of halogens is 1. The zero-order valence-corrected chi connectivity index (χ0v) is 19.7. The first-order valence-corrected chi connectivity index (χ1v) is 12.4. The maximum absolute atomic E-state index is 2.32. The molecule has 152 valence electrons. The third kappa shape index (κ3) is 4.09. The summed E-state index contributed by atoms with van der Waals surface area (Å²) < 4.78 is 0. The lowest BCUT2D eigenvalue weighted by atomic mass is 10.1. The van der Waals surface area contributed by atoms with Crippen molar-refractivity contribution >= 4 is 33.9 Å². The van der Waals surface area contributed by atoms with Gasteiger partial charge in [-0.2, -0.15) is 0 Å². The molecule has 0 aliphatic rings. The average molecular weight is 483 g/mol. The third-order valence-electron chi connectivity index (χ3n) is 5.88. The van der Waals surface area contributed by atoms with E-state index in [-0.39, 0.29) is 17.0 Å². The van der Waals surface area contributed by atoms with Gasteiger partial charge in [0.05, 0.1) is 6.16 Å². The van der Waals surface area contributed by atoms with Gasteiger partial charge in [-0.15, -0.1) is 0 Å². The number of hydrogen-bond acceptors (Lipinski definition) is 0. The van der Waals surface area contributed by atoms with Crippen LogP contribution in [0.25, 0.3) is 10.8 Å². The standard InChI is InChI=1S/C29H24P.BrH/c1-4-16-26(17-5-1)30(27-18-6-2-7-19-27,28-20-8-3-9-21-28)23-25-15-12-14-24-13-10-11-22-29(24)25;/h1-22H,23H2;1H/q+1;/p-1. The van der Waals surface area contributed by atoms with Crippen molar-refractivity contribution in [3.63, 3.8) is 0 Å².